The minimum Gasteiger partial charge on any atom is -0.258 e. The van der Waals surface area contributed by atoms with Gasteiger partial charge in [0, 0.05) is 12.2 Å². The van der Waals surface area contributed by atoms with Gasteiger partial charge in [0.1, 0.15) is 5.69 Å². The van der Waals surface area contributed by atoms with Crippen molar-refractivity contribution in [3.05, 3.63) is 18.0 Å². The van der Waals surface area contributed by atoms with Crippen LogP contribution in [0.15, 0.2) is 12.3 Å². The van der Waals surface area contributed by atoms with Gasteiger partial charge in [-0.3, -0.25) is 4.68 Å². The molecule has 0 aliphatic carbocycles. The van der Waals surface area contributed by atoms with E-state index in [0.29, 0.717) is 0 Å². The summed E-state index contributed by atoms with van der Waals surface area (Å²) in [4.78, 5) is 0. The van der Waals surface area contributed by atoms with Crippen molar-refractivity contribution in [1.29, 1.82) is 0 Å². The minimum atomic E-state index is -4.30. The van der Waals surface area contributed by atoms with Gasteiger partial charge in [-0.05, 0) is 19.9 Å². The molecule has 0 aliphatic heterocycles. The second-order valence-corrected chi connectivity index (χ2v) is 2.75. The first-order valence-electron chi connectivity index (χ1n) is 3.53. The second kappa shape index (κ2) is 2.80. The van der Waals surface area contributed by atoms with E-state index >= 15 is 0 Å². The fraction of sp³-hybridized carbons (Fsp3) is 0.571. The van der Waals surface area contributed by atoms with Crippen molar-refractivity contribution >= 4 is 0 Å². The predicted octanol–water partition coefficient (Wildman–Crippen LogP) is 2.48. The third kappa shape index (κ3) is 1.60. The Morgan fingerprint density at radius 3 is 2.33 bits per heavy atom. The average Bonchev–Trinajstić information content (AvgIpc) is 2.30. The van der Waals surface area contributed by atoms with Crippen LogP contribution in [0.25, 0.3) is 0 Å². The van der Waals surface area contributed by atoms with Crippen LogP contribution in [0.5, 0.6) is 0 Å². The van der Waals surface area contributed by atoms with Crippen LogP contribution in [0.2, 0.25) is 0 Å². The van der Waals surface area contributed by atoms with E-state index in [1.807, 2.05) is 0 Å². The van der Waals surface area contributed by atoms with E-state index in [4.69, 9.17) is 0 Å². The van der Waals surface area contributed by atoms with Crippen molar-refractivity contribution in [1.82, 2.24) is 9.78 Å². The lowest BCUT2D eigenvalue weighted by atomic mass is 10.3. The smallest absolute Gasteiger partial charge is 0.258 e. The summed E-state index contributed by atoms with van der Waals surface area (Å²) in [6.07, 6.45) is -3.15. The highest BCUT2D eigenvalue weighted by atomic mass is 19.4. The topological polar surface area (TPSA) is 17.8 Å². The van der Waals surface area contributed by atoms with Gasteiger partial charge in [0.05, 0.1) is 0 Å². The Balaban J connectivity index is 3.08. The Morgan fingerprint density at radius 1 is 1.42 bits per heavy atom. The largest absolute Gasteiger partial charge is 0.433 e. The lowest BCUT2D eigenvalue weighted by molar-refractivity contribution is -0.144. The molecule has 1 aromatic rings. The van der Waals surface area contributed by atoms with Crippen LogP contribution >= 0.6 is 0 Å². The highest BCUT2D eigenvalue weighted by Gasteiger charge is 2.35. The van der Waals surface area contributed by atoms with Crippen molar-refractivity contribution in [2.24, 2.45) is 0 Å². The summed E-state index contributed by atoms with van der Waals surface area (Å²) in [6.45, 7) is 3.31. The molecule has 5 heteroatoms. The second-order valence-electron chi connectivity index (χ2n) is 2.75. The summed E-state index contributed by atoms with van der Waals surface area (Å²) in [6, 6.07) is 0.705. The van der Waals surface area contributed by atoms with Gasteiger partial charge in [-0.25, -0.2) is 0 Å². The van der Waals surface area contributed by atoms with Crippen LogP contribution in [0.1, 0.15) is 25.6 Å². The maximum absolute atomic E-state index is 12.2. The molecule has 12 heavy (non-hydrogen) atoms. The number of halogens is 3. The zero-order valence-electron chi connectivity index (χ0n) is 6.76. The number of aromatic nitrogens is 2. The van der Waals surface area contributed by atoms with Gasteiger partial charge in [0.2, 0.25) is 0 Å². The highest BCUT2D eigenvalue weighted by Crippen LogP contribution is 2.30. The molecule has 0 amide bonds. The zero-order valence-corrected chi connectivity index (χ0v) is 6.76. The van der Waals surface area contributed by atoms with Crippen molar-refractivity contribution in [3.63, 3.8) is 0 Å². The van der Waals surface area contributed by atoms with Crippen LogP contribution in [0.3, 0.4) is 0 Å². The van der Waals surface area contributed by atoms with E-state index in [9.17, 15) is 13.2 Å². The molecule has 0 saturated heterocycles. The number of alkyl halides is 3. The molecule has 0 atom stereocenters. The Hall–Kier alpha value is -1.00. The minimum absolute atomic E-state index is 0.267. The quantitative estimate of drug-likeness (QED) is 0.646. The van der Waals surface area contributed by atoms with E-state index in [1.54, 1.807) is 13.8 Å². The first kappa shape index (κ1) is 9.09. The summed E-state index contributed by atoms with van der Waals surface area (Å²) < 4.78 is 37.5. The van der Waals surface area contributed by atoms with Crippen molar-refractivity contribution in [2.45, 2.75) is 26.1 Å². The van der Waals surface area contributed by atoms with Crippen LogP contribution in [-0.4, -0.2) is 9.78 Å². The van der Waals surface area contributed by atoms with Gasteiger partial charge >= 0.3 is 6.18 Å². The molecule has 1 aromatic heterocycles. The molecule has 0 radical (unpaired) electrons. The Bertz CT molecular complexity index is 262. The molecule has 2 nitrogen and oxygen atoms in total. The monoisotopic (exact) mass is 178 g/mol. The molecule has 0 fully saturated rings. The molecular formula is C7H9F3N2. The fourth-order valence-electron chi connectivity index (χ4n) is 0.950. The summed E-state index contributed by atoms with van der Waals surface area (Å²) in [7, 11) is 0. The van der Waals surface area contributed by atoms with Gasteiger partial charge in [-0.15, -0.1) is 0 Å². The van der Waals surface area contributed by atoms with E-state index in [2.05, 4.69) is 5.10 Å². The van der Waals surface area contributed by atoms with Crippen molar-refractivity contribution in [3.8, 4) is 0 Å². The van der Waals surface area contributed by atoms with E-state index < -0.39 is 11.9 Å². The number of nitrogens with zero attached hydrogens (tertiary/aromatic N) is 2. The zero-order chi connectivity index (χ0) is 9.35. The molecule has 1 heterocycles. The normalized spacial score (nSPS) is 12.5. The number of hydrogen-bond donors (Lipinski definition) is 0. The molecule has 0 unspecified atom stereocenters. The van der Waals surface area contributed by atoms with E-state index in [0.717, 1.165) is 16.9 Å². The molecule has 0 aliphatic rings. The summed E-state index contributed by atoms with van der Waals surface area (Å²) in [5.74, 6) is 0. The van der Waals surface area contributed by atoms with E-state index in [1.165, 1.54) is 0 Å². The molecule has 1 rings (SSSR count). The fourth-order valence-corrected chi connectivity index (χ4v) is 0.950. The molecule has 0 spiro atoms. The maximum Gasteiger partial charge on any atom is 0.433 e. The summed E-state index contributed by atoms with van der Waals surface area (Å²) in [5.41, 5.74) is -0.697. The van der Waals surface area contributed by atoms with Crippen molar-refractivity contribution in [2.75, 3.05) is 0 Å². The van der Waals surface area contributed by atoms with Gasteiger partial charge in [0.25, 0.3) is 0 Å². The molecule has 68 valence electrons. The average molecular weight is 178 g/mol. The molecule has 0 bridgehead atoms. The summed E-state index contributed by atoms with van der Waals surface area (Å²) >= 11 is 0. The third-order valence-corrected chi connectivity index (χ3v) is 1.45. The lowest BCUT2D eigenvalue weighted by Gasteiger charge is -2.12. The van der Waals surface area contributed by atoms with Gasteiger partial charge in [-0.2, -0.15) is 18.3 Å². The highest BCUT2D eigenvalue weighted by molar-refractivity contribution is 5.05. The first-order valence-corrected chi connectivity index (χ1v) is 3.53. The summed E-state index contributed by atoms with van der Waals surface area (Å²) in [5, 5.41) is 3.58. The van der Waals surface area contributed by atoms with Crippen LogP contribution in [0, 0.1) is 0 Å². The predicted molar refractivity (Wildman–Crippen MR) is 37.6 cm³/mol. The van der Waals surface area contributed by atoms with Crippen molar-refractivity contribution < 1.29 is 13.2 Å². The first-order chi connectivity index (χ1) is 5.43. The van der Waals surface area contributed by atoms with Crippen LogP contribution < -0.4 is 0 Å². The molecular weight excluding hydrogens is 169 g/mol. The lowest BCUT2D eigenvalue weighted by Crippen LogP contribution is -2.16. The van der Waals surface area contributed by atoms with Gasteiger partial charge < -0.3 is 0 Å². The third-order valence-electron chi connectivity index (χ3n) is 1.45. The van der Waals surface area contributed by atoms with Gasteiger partial charge in [-0.1, -0.05) is 0 Å². The van der Waals surface area contributed by atoms with Crippen LogP contribution in [-0.2, 0) is 6.18 Å². The van der Waals surface area contributed by atoms with E-state index in [-0.39, 0.29) is 6.04 Å². The molecule has 0 saturated carbocycles. The Labute approximate surface area is 68.0 Å². The molecule has 0 N–H and O–H groups in total. The number of rotatable bonds is 1. The van der Waals surface area contributed by atoms with Gasteiger partial charge in [0.15, 0.2) is 0 Å². The maximum atomic E-state index is 12.2. The van der Waals surface area contributed by atoms with Crippen LogP contribution in [0.4, 0.5) is 13.2 Å². The Kier molecular flexibility index (Phi) is 2.12. The SMILES string of the molecule is CC(C)n1nccc1C(F)(F)F. The number of hydrogen-bond acceptors (Lipinski definition) is 1. The molecule has 0 aromatic carbocycles. The Morgan fingerprint density at radius 2 is 2.00 bits per heavy atom. The standard InChI is InChI=1S/C7H9F3N2/c1-5(2)12-6(3-4-11-12)7(8,9)10/h3-5H,1-2H3.